The molecule has 17 heavy (non-hydrogen) atoms. The minimum absolute atomic E-state index is 0.297. The van der Waals surface area contributed by atoms with Gasteiger partial charge in [-0.25, -0.2) is 0 Å². The molecular weight excluding hydrogens is 220 g/mol. The predicted octanol–water partition coefficient (Wildman–Crippen LogP) is 1.20. The molecule has 5 nitrogen and oxygen atoms in total. The summed E-state index contributed by atoms with van der Waals surface area (Å²) in [7, 11) is 0. The molecule has 2 N–H and O–H groups in total. The molecule has 94 valence electrons. The molecule has 1 fully saturated rings. The van der Waals surface area contributed by atoms with Crippen LogP contribution >= 0.6 is 0 Å². The maximum absolute atomic E-state index is 10.8. The Labute approximate surface area is 100 Å². The van der Waals surface area contributed by atoms with E-state index in [1.165, 1.54) is 0 Å². The molecule has 0 bridgehead atoms. The third-order valence-corrected chi connectivity index (χ3v) is 3.50. The molecule has 1 aromatic heterocycles. The topological polar surface area (TPSA) is 75.4 Å². The number of aliphatic hydroxyl groups is 1. The number of carboxylic acid groups (broad SMARTS) is 1. The Morgan fingerprint density at radius 2 is 2.24 bits per heavy atom. The van der Waals surface area contributed by atoms with E-state index in [2.05, 4.69) is 5.10 Å². The first-order valence-electron chi connectivity index (χ1n) is 5.94. The number of nitrogens with zero attached hydrogens (tertiary/aromatic N) is 2. The molecule has 1 aliphatic rings. The quantitative estimate of drug-likeness (QED) is 0.829. The van der Waals surface area contributed by atoms with Crippen LogP contribution in [0.2, 0.25) is 0 Å². The van der Waals surface area contributed by atoms with Crippen molar-refractivity contribution in [2.24, 2.45) is 5.92 Å². The summed E-state index contributed by atoms with van der Waals surface area (Å²) in [5.74, 6) is -1.04. The van der Waals surface area contributed by atoms with E-state index in [1.807, 2.05) is 19.2 Å². The first-order chi connectivity index (χ1) is 7.98. The number of carboxylic acids is 1. The smallest absolute Gasteiger partial charge is 0.306 e. The number of carbonyl (C=O) groups is 1. The van der Waals surface area contributed by atoms with Crippen molar-refractivity contribution in [2.75, 3.05) is 0 Å². The Morgan fingerprint density at radius 1 is 1.59 bits per heavy atom. The van der Waals surface area contributed by atoms with Crippen molar-refractivity contribution in [3.05, 3.63) is 18.0 Å². The lowest BCUT2D eigenvalue weighted by Gasteiger charge is -2.34. The van der Waals surface area contributed by atoms with Crippen LogP contribution in [0.5, 0.6) is 0 Å². The first-order valence-corrected chi connectivity index (χ1v) is 5.94. The van der Waals surface area contributed by atoms with Gasteiger partial charge in [0.2, 0.25) is 0 Å². The van der Waals surface area contributed by atoms with Gasteiger partial charge in [-0.15, -0.1) is 0 Å². The van der Waals surface area contributed by atoms with Crippen LogP contribution < -0.4 is 0 Å². The number of aliphatic carboxylic acids is 1. The average Bonchev–Trinajstić information content (AvgIpc) is 2.63. The highest BCUT2D eigenvalue weighted by Gasteiger charge is 2.36. The molecular formula is C12H18N2O3. The van der Waals surface area contributed by atoms with Gasteiger partial charge in [-0.2, -0.15) is 5.10 Å². The fourth-order valence-corrected chi connectivity index (χ4v) is 2.41. The molecule has 0 aromatic carbocycles. The molecule has 1 heterocycles. The van der Waals surface area contributed by atoms with Gasteiger partial charge in [0.1, 0.15) is 0 Å². The van der Waals surface area contributed by atoms with Crippen molar-refractivity contribution in [2.45, 2.75) is 44.8 Å². The third-order valence-electron chi connectivity index (χ3n) is 3.50. The lowest BCUT2D eigenvalue weighted by atomic mass is 9.79. The van der Waals surface area contributed by atoms with Crippen LogP contribution in [0.1, 0.15) is 31.4 Å². The Kier molecular flexibility index (Phi) is 3.19. The highest BCUT2D eigenvalue weighted by molar-refractivity contribution is 5.70. The standard InChI is InChI=1S/C12H18N2O3/c1-9-4-7-14(13-9)8-12(17)5-2-10(3-6-12)11(15)16/h4,7,10,17H,2-3,5-6,8H2,1H3,(H,15,16). The molecule has 0 spiro atoms. The van der Waals surface area contributed by atoms with Crippen molar-refractivity contribution in [3.63, 3.8) is 0 Å². The Morgan fingerprint density at radius 3 is 2.71 bits per heavy atom. The highest BCUT2D eigenvalue weighted by Crippen LogP contribution is 2.33. The first kappa shape index (κ1) is 12.1. The third kappa shape index (κ3) is 2.85. The normalized spacial score (nSPS) is 29.2. The summed E-state index contributed by atoms with van der Waals surface area (Å²) < 4.78 is 1.73. The van der Waals surface area contributed by atoms with Gasteiger partial charge in [-0.05, 0) is 38.7 Å². The Bertz CT molecular complexity index is 406. The van der Waals surface area contributed by atoms with Crippen molar-refractivity contribution < 1.29 is 15.0 Å². The summed E-state index contributed by atoms with van der Waals surface area (Å²) in [4.78, 5) is 10.8. The summed E-state index contributed by atoms with van der Waals surface area (Å²) in [6, 6.07) is 1.90. The van der Waals surface area contributed by atoms with E-state index in [9.17, 15) is 9.90 Å². The van der Waals surface area contributed by atoms with E-state index in [-0.39, 0.29) is 5.92 Å². The zero-order valence-corrected chi connectivity index (χ0v) is 9.96. The minimum Gasteiger partial charge on any atom is -0.481 e. The van der Waals surface area contributed by atoms with E-state index in [0.717, 1.165) is 5.69 Å². The van der Waals surface area contributed by atoms with E-state index in [0.29, 0.717) is 32.2 Å². The molecule has 0 radical (unpaired) electrons. The van der Waals surface area contributed by atoms with Gasteiger partial charge in [0.15, 0.2) is 0 Å². The largest absolute Gasteiger partial charge is 0.481 e. The number of aromatic nitrogens is 2. The summed E-state index contributed by atoms with van der Waals surface area (Å²) in [6.07, 6.45) is 4.00. The predicted molar refractivity (Wildman–Crippen MR) is 61.5 cm³/mol. The molecule has 0 unspecified atom stereocenters. The number of hydrogen-bond acceptors (Lipinski definition) is 3. The summed E-state index contributed by atoms with van der Waals surface area (Å²) in [6.45, 7) is 2.36. The average molecular weight is 238 g/mol. The van der Waals surface area contributed by atoms with Gasteiger partial charge in [0.05, 0.1) is 23.8 Å². The summed E-state index contributed by atoms with van der Waals surface area (Å²) >= 11 is 0. The van der Waals surface area contributed by atoms with Gasteiger partial charge >= 0.3 is 5.97 Å². The Balaban J connectivity index is 1.95. The molecule has 0 saturated heterocycles. The van der Waals surface area contributed by atoms with Crippen LogP contribution in [-0.4, -0.2) is 31.6 Å². The zero-order chi connectivity index (χ0) is 12.5. The lowest BCUT2D eigenvalue weighted by molar-refractivity contribution is -0.145. The van der Waals surface area contributed by atoms with Crippen LogP contribution in [0.4, 0.5) is 0 Å². The van der Waals surface area contributed by atoms with E-state index < -0.39 is 11.6 Å². The van der Waals surface area contributed by atoms with E-state index >= 15 is 0 Å². The van der Waals surface area contributed by atoms with Crippen LogP contribution in [0.3, 0.4) is 0 Å². The van der Waals surface area contributed by atoms with Crippen LogP contribution in [0.15, 0.2) is 12.3 Å². The van der Waals surface area contributed by atoms with Crippen molar-refractivity contribution in [1.29, 1.82) is 0 Å². The SMILES string of the molecule is Cc1ccn(CC2(O)CCC(C(=O)O)CC2)n1. The van der Waals surface area contributed by atoms with E-state index in [1.54, 1.807) is 4.68 Å². The molecule has 1 saturated carbocycles. The maximum atomic E-state index is 10.8. The number of rotatable bonds is 3. The van der Waals surface area contributed by atoms with Crippen LogP contribution in [0.25, 0.3) is 0 Å². The van der Waals surface area contributed by atoms with Crippen molar-refractivity contribution >= 4 is 5.97 Å². The monoisotopic (exact) mass is 238 g/mol. The van der Waals surface area contributed by atoms with E-state index in [4.69, 9.17) is 5.11 Å². The molecule has 0 atom stereocenters. The second-order valence-corrected chi connectivity index (χ2v) is 4.99. The fourth-order valence-electron chi connectivity index (χ4n) is 2.41. The van der Waals surface area contributed by atoms with Crippen molar-refractivity contribution in [3.8, 4) is 0 Å². The van der Waals surface area contributed by atoms with Gasteiger partial charge in [0, 0.05) is 6.20 Å². The molecule has 0 aliphatic heterocycles. The molecule has 0 amide bonds. The maximum Gasteiger partial charge on any atom is 0.306 e. The van der Waals surface area contributed by atoms with Gasteiger partial charge in [0.25, 0.3) is 0 Å². The number of aryl methyl sites for hydroxylation is 1. The Hall–Kier alpha value is -1.36. The molecule has 5 heteroatoms. The summed E-state index contributed by atoms with van der Waals surface area (Å²) in [5, 5.41) is 23.5. The molecule has 1 aliphatic carbocycles. The summed E-state index contributed by atoms with van der Waals surface area (Å²) in [5.41, 5.74) is 0.123. The van der Waals surface area contributed by atoms with Gasteiger partial charge < -0.3 is 10.2 Å². The van der Waals surface area contributed by atoms with Crippen molar-refractivity contribution in [1.82, 2.24) is 9.78 Å². The molecule has 2 rings (SSSR count). The van der Waals surface area contributed by atoms with Crippen LogP contribution in [0, 0.1) is 12.8 Å². The minimum atomic E-state index is -0.801. The van der Waals surface area contributed by atoms with Crippen LogP contribution in [-0.2, 0) is 11.3 Å². The van der Waals surface area contributed by atoms with Gasteiger partial charge in [-0.3, -0.25) is 9.48 Å². The fraction of sp³-hybridized carbons (Fsp3) is 0.667. The lowest BCUT2D eigenvalue weighted by Crippen LogP contribution is -2.39. The molecule has 1 aromatic rings. The van der Waals surface area contributed by atoms with Gasteiger partial charge in [-0.1, -0.05) is 0 Å². The highest BCUT2D eigenvalue weighted by atomic mass is 16.4. The second kappa shape index (κ2) is 4.49. The number of hydrogen-bond donors (Lipinski definition) is 2. The second-order valence-electron chi connectivity index (χ2n) is 4.99. The zero-order valence-electron chi connectivity index (χ0n) is 9.96.